The Labute approximate surface area is 121 Å². The molecule has 0 radical (unpaired) electrons. The molecule has 1 aromatic heterocycles. The van der Waals surface area contributed by atoms with Crippen LogP contribution in [-0.4, -0.2) is 9.91 Å². The van der Waals surface area contributed by atoms with Crippen LogP contribution in [0, 0.1) is 17.0 Å². The van der Waals surface area contributed by atoms with Crippen LogP contribution in [0.3, 0.4) is 0 Å². The second-order valence-electron chi connectivity index (χ2n) is 4.79. The maximum Gasteiger partial charge on any atom is 0.269 e. The molecule has 2 rings (SSSR count). The fourth-order valence-electron chi connectivity index (χ4n) is 2.02. The molecular weight excluding hydrogens is 274 g/mol. The van der Waals surface area contributed by atoms with E-state index in [4.69, 9.17) is 0 Å². The third kappa shape index (κ3) is 3.40. The number of nitro groups is 1. The van der Waals surface area contributed by atoms with E-state index < -0.39 is 0 Å². The zero-order valence-electron chi connectivity index (χ0n) is 11.7. The second-order valence-corrected chi connectivity index (χ2v) is 5.68. The van der Waals surface area contributed by atoms with Crippen LogP contribution in [0.1, 0.15) is 42.2 Å². The summed E-state index contributed by atoms with van der Waals surface area (Å²) in [5, 5.41) is 17.3. The molecule has 1 aromatic carbocycles. The van der Waals surface area contributed by atoms with Gasteiger partial charge in [-0.05, 0) is 26.3 Å². The maximum absolute atomic E-state index is 10.8. The summed E-state index contributed by atoms with van der Waals surface area (Å²) >= 11 is 1.62. The highest BCUT2D eigenvalue weighted by atomic mass is 32.1. The van der Waals surface area contributed by atoms with Crippen molar-refractivity contribution in [2.45, 2.75) is 32.9 Å². The summed E-state index contributed by atoms with van der Waals surface area (Å²) in [5.74, 6) is 0. The number of non-ortho nitro benzene ring substituents is 1. The zero-order valence-corrected chi connectivity index (χ0v) is 12.5. The van der Waals surface area contributed by atoms with E-state index in [2.05, 4.69) is 10.3 Å². The molecule has 0 saturated carbocycles. The monoisotopic (exact) mass is 291 g/mol. The maximum atomic E-state index is 10.8. The Morgan fingerprint density at radius 2 is 2.10 bits per heavy atom. The summed E-state index contributed by atoms with van der Waals surface area (Å²) in [6.07, 6.45) is 0. The van der Waals surface area contributed by atoms with Gasteiger partial charge >= 0.3 is 0 Å². The van der Waals surface area contributed by atoms with Gasteiger partial charge in [-0.1, -0.05) is 12.1 Å². The van der Waals surface area contributed by atoms with Crippen LogP contribution in [0.25, 0.3) is 0 Å². The van der Waals surface area contributed by atoms with Crippen molar-refractivity contribution < 1.29 is 4.92 Å². The van der Waals surface area contributed by atoms with Gasteiger partial charge in [0.15, 0.2) is 0 Å². The van der Waals surface area contributed by atoms with E-state index in [-0.39, 0.29) is 22.7 Å². The molecule has 1 N–H and O–H groups in total. The Bertz CT molecular complexity index is 612. The molecule has 0 amide bonds. The molecule has 6 heteroatoms. The number of aromatic nitrogens is 1. The van der Waals surface area contributed by atoms with Crippen molar-refractivity contribution in [2.24, 2.45) is 0 Å². The minimum Gasteiger partial charge on any atom is -0.302 e. The average Bonchev–Trinajstić information content (AvgIpc) is 2.85. The molecule has 1 heterocycles. The number of nitrogens with one attached hydrogen (secondary N) is 1. The minimum atomic E-state index is -0.371. The lowest BCUT2D eigenvalue weighted by Crippen LogP contribution is -2.22. The van der Waals surface area contributed by atoms with Crippen molar-refractivity contribution in [3.63, 3.8) is 0 Å². The van der Waals surface area contributed by atoms with Gasteiger partial charge in [0, 0.05) is 29.2 Å². The van der Waals surface area contributed by atoms with E-state index in [1.807, 2.05) is 32.2 Å². The zero-order chi connectivity index (χ0) is 14.7. The third-order valence-corrected chi connectivity index (χ3v) is 4.23. The molecule has 5 nitrogen and oxygen atoms in total. The summed E-state index contributed by atoms with van der Waals surface area (Å²) in [5.41, 5.74) is 2.04. The molecule has 2 aromatic rings. The molecule has 2 unspecified atom stereocenters. The van der Waals surface area contributed by atoms with Gasteiger partial charge in [0.25, 0.3) is 5.69 Å². The highest BCUT2D eigenvalue weighted by Crippen LogP contribution is 2.24. The summed E-state index contributed by atoms with van der Waals surface area (Å²) < 4.78 is 0. The summed E-state index contributed by atoms with van der Waals surface area (Å²) in [6, 6.07) is 6.85. The Morgan fingerprint density at radius 3 is 2.70 bits per heavy atom. The number of benzene rings is 1. The molecule has 0 aliphatic rings. The van der Waals surface area contributed by atoms with Gasteiger partial charge in [0.05, 0.1) is 11.0 Å². The molecule has 0 bridgehead atoms. The standard InChI is InChI=1S/C14H17N3O2S/c1-9-8-20-14(15-9)11(3)16-10(2)12-5-4-6-13(7-12)17(18)19/h4-8,10-11,16H,1-3H3. The van der Waals surface area contributed by atoms with Crippen LogP contribution in [-0.2, 0) is 0 Å². The largest absolute Gasteiger partial charge is 0.302 e. The number of nitro benzene ring substituents is 1. The van der Waals surface area contributed by atoms with Crippen molar-refractivity contribution >= 4 is 17.0 Å². The third-order valence-electron chi connectivity index (χ3n) is 3.09. The first kappa shape index (κ1) is 14.6. The Kier molecular flexibility index (Phi) is 4.46. The van der Waals surface area contributed by atoms with E-state index >= 15 is 0 Å². The quantitative estimate of drug-likeness (QED) is 0.672. The van der Waals surface area contributed by atoms with E-state index in [0.717, 1.165) is 16.3 Å². The summed E-state index contributed by atoms with van der Waals surface area (Å²) in [6.45, 7) is 6.01. The van der Waals surface area contributed by atoms with E-state index in [9.17, 15) is 10.1 Å². The highest BCUT2D eigenvalue weighted by molar-refractivity contribution is 7.09. The van der Waals surface area contributed by atoms with Crippen molar-refractivity contribution in [1.82, 2.24) is 10.3 Å². The van der Waals surface area contributed by atoms with E-state index in [0.29, 0.717) is 0 Å². The number of rotatable bonds is 5. The van der Waals surface area contributed by atoms with Crippen molar-refractivity contribution in [3.8, 4) is 0 Å². The number of aryl methyl sites for hydroxylation is 1. The molecule has 0 aliphatic heterocycles. The lowest BCUT2D eigenvalue weighted by atomic mass is 10.1. The normalized spacial score (nSPS) is 13.9. The molecule has 2 atom stereocenters. The fraction of sp³-hybridized carbons (Fsp3) is 0.357. The smallest absolute Gasteiger partial charge is 0.269 e. The number of hydrogen-bond donors (Lipinski definition) is 1. The molecule has 0 spiro atoms. The number of thiazole rings is 1. The second kappa shape index (κ2) is 6.11. The molecule has 106 valence electrons. The van der Waals surface area contributed by atoms with Crippen molar-refractivity contribution in [3.05, 3.63) is 56.0 Å². The average molecular weight is 291 g/mol. The number of hydrogen-bond acceptors (Lipinski definition) is 5. The Balaban J connectivity index is 2.09. The van der Waals surface area contributed by atoms with Gasteiger partial charge < -0.3 is 5.32 Å². The van der Waals surface area contributed by atoms with Gasteiger partial charge in [-0.2, -0.15) is 0 Å². The van der Waals surface area contributed by atoms with Gasteiger partial charge in [-0.15, -0.1) is 11.3 Å². The predicted molar refractivity (Wildman–Crippen MR) is 79.9 cm³/mol. The van der Waals surface area contributed by atoms with Crippen LogP contribution in [0.2, 0.25) is 0 Å². The van der Waals surface area contributed by atoms with Gasteiger partial charge in [0.1, 0.15) is 5.01 Å². The van der Waals surface area contributed by atoms with Gasteiger partial charge in [-0.25, -0.2) is 4.98 Å². The highest BCUT2D eigenvalue weighted by Gasteiger charge is 2.15. The first-order chi connectivity index (χ1) is 9.47. The number of nitrogens with zero attached hydrogens (tertiary/aromatic N) is 2. The van der Waals surface area contributed by atoms with Crippen LogP contribution < -0.4 is 5.32 Å². The minimum absolute atomic E-state index is 0.0223. The molecule has 20 heavy (non-hydrogen) atoms. The fourth-order valence-corrected chi connectivity index (χ4v) is 2.83. The van der Waals surface area contributed by atoms with E-state index in [1.165, 1.54) is 6.07 Å². The lowest BCUT2D eigenvalue weighted by molar-refractivity contribution is -0.384. The predicted octanol–water partition coefficient (Wildman–Crippen LogP) is 3.77. The van der Waals surface area contributed by atoms with Gasteiger partial charge in [0.2, 0.25) is 0 Å². The van der Waals surface area contributed by atoms with Crippen molar-refractivity contribution in [2.75, 3.05) is 0 Å². The first-order valence-corrected chi connectivity index (χ1v) is 7.27. The van der Waals surface area contributed by atoms with Crippen LogP contribution in [0.4, 0.5) is 5.69 Å². The summed E-state index contributed by atoms with van der Waals surface area (Å²) in [4.78, 5) is 14.9. The molecular formula is C14H17N3O2S. The Hall–Kier alpha value is -1.79. The van der Waals surface area contributed by atoms with Gasteiger partial charge in [-0.3, -0.25) is 10.1 Å². The molecule has 0 fully saturated rings. The topological polar surface area (TPSA) is 68.1 Å². The molecule has 0 saturated heterocycles. The lowest BCUT2D eigenvalue weighted by Gasteiger charge is -2.18. The van der Waals surface area contributed by atoms with Crippen LogP contribution in [0.5, 0.6) is 0 Å². The first-order valence-electron chi connectivity index (χ1n) is 6.40. The Morgan fingerprint density at radius 1 is 1.35 bits per heavy atom. The molecule has 0 aliphatic carbocycles. The van der Waals surface area contributed by atoms with Crippen LogP contribution >= 0.6 is 11.3 Å². The van der Waals surface area contributed by atoms with Crippen LogP contribution in [0.15, 0.2) is 29.6 Å². The van der Waals surface area contributed by atoms with E-state index in [1.54, 1.807) is 23.5 Å². The SMILES string of the molecule is Cc1csc(C(C)NC(C)c2cccc([N+](=O)[O-])c2)n1. The van der Waals surface area contributed by atoms with Crippen molar-refractivity contribution in [1.29, 1.82) is 0 Å². The summed E-state index contributed by atoms with van der Waals surface area (Å²) in [7, 11) is 0.